The fraction of sp³-hybridized carbons (Fsp3) is 0.692. The molecule has 0 spiro atoms. The number of aromatic nitrogens is 2. The number of nitrogens with one attached hydrogen (secondary N) is 1. The molecule has 1 aromatic heterocycles. The summed E-state index contributed by atoms with van der Waals surface area (Å²) in [6.45, 7) is 8.44. The molecule has 0 saturated carbocycles. The number of nitrogens with zero attached hydrogens (tertiary/aromatic N) is 3. The smallest absolute Gasteiger partial charge is 0.195 e. The Morgan fingerprint density at radius 2 is 2.26 bits per heavy atom. The van der Waals surface area contributed by atoms with Crippen LogP contribution in [-0.4, -0.2) is 53.2 Å². The van der Waals surface area contributed by atoms with Crippen molar-refractivity contribution in [2.24, 2.45) is 0 Å². The number of carbonyl (C=O) groups excluding carboxylic acids is 1. The third-order valence-corrected chi connectivity index (χ3v) is 3.88. The van der Waals surface area contributed by atoms with Crippen LogP contribution in [0.4, 0.5) is 0 Å². The maximum absolute atomic E-state index is 12.5. The number of Topliss-reactive ketones (excluding diaryl/α,β-unsaturated/α-hetero) is 1. The molecule has 19 heavy (non-hydrogen) atoms. The predicted octanol–water partition coefficient (Wildman–Crippen LogP) is 1.70. The average Bonchev–Trinajstić information content (AvgIpc) is 2.58. The van der Waals surface area contributed by atoms with E-state index >= 15 is 0 Å². The van der Waals surface area contributed by atoms with Gasteiger partial charge in [0.05, 0.1) is 17.2 Å². The van der Waals surface area contributed by atoms with Gasteiger partial charge in [-0.1, -0.05) is 0 Å². The molecule has 0 aromatic carbocycles. The van der Waals surface area contributed by atoms with E-state index in [2.05, 4.69) is 31.2 Å². The highest BCUT2D eigenvalue weighted by Crippen LogP contribution is 2.20. The summed E-state index contributed by atoms with van der Waals surface area (Å²) in [7, 11) is 0. The molecular weight excluding hydrogens is 308 g/mol. The molecule has 2 heterocycles. The number of ketones is 1. The molecule has 1 N–H and O–H groups in total. The zero-order valence-corrected chi connectivity index (χ0v) is 13.1. The lowest BCUT2D eigenvalue weighted by molar-refractivity contribution is 0.0921. The monoisotopic (exact) mass is 328 g/mol. The molecule has 2 rings (SSSR count). The summed E-state index contributed by atoms with van der Waals surface area (Å²) in [5.74, 6) is 0.139. The maximum atomic E-state index is 12.5. The quantitative estimate of drug-likeness (QED) is 0.855. The molecule has 0 atom stereocenters. The van der Waals surface area contributed by atoms with Crippen LogP contribution in [-0.2, 0) is 0 Å². The van der Waals surface area contributed by atoms with E-state index in [4.69, 9.17) is 0 Å². The fourth-order valence-electron chi connectivity index (χ4n) is 2.33. The summed E-state index contributed by atoms with van der Waals surface area (Å²) in [6.07, 6.45) is 2.80. The Morgan fingerprint density at radius 1 is 1.47 bits per heavy atom. The lowest BCUT2D eigenvalue weighted by Gasteiger charge is -2.19. The summed E-state index contributed by atoms with van der Waals surface area (Å²) < 4.78 is 2.59. The van der Waals surface area contributed by atoms with Crippen LogP contribution in [0.25, 0.3) is 0 Å². The lowest BCUT2D eigenvalue weighted by Crippen LogP contribution is -2.34. The van der Waals surface area contributed by atoms with Gasteiger partial charge in [0, 0.05) is 19.1 Å². The van der Waals surface area contributed by atoms with Crippen LogP contribution in [0.2, 0.25) is 0 Å². The fourth-order valence-corrected chi connectivity index (χ4v) is 2.83. The Kier molecular flexibility index (Phi) is 5.13. The van der Waals surface area contributed by atoms with Crippen molar-refractivity contribution in [1.82, 2.24) is 20.0 Å². The number of halogens is 1. The van der Waals surface area contributed by atoms with Crippen molar-refractivity contribution in [3.05, 3.63) is 16.4 Å². The highest BCUT2D eigenvalue weighted by molar-refractivity contribution is 9.10. The van der Waals surface area contributed by atoms with Crippen molar-refractivity contribution in [3.63, 3.8) is 0 Å². The minimum Gasteiger partial charge on any atom is -0.315 e. The minimum atomic E-state index is 0.139. The van der Waals surface area contributed by atoms with E-state index in [1.54, 1.807) is 10.9 Å². The van der Waals surface area contributed by atoms with E-state index < -0.39 is 0 Å². The van der Waals surface area contributed by atoms with Crippen LogP contribution in [0.3, 0.4) is 0 Å². The Hall–Kier alpha value is -0.720. The molecule has 0 radical (unpaired) electrons. The van der Waals surface area contributed by atoms with Crippen molar-refractivity contribution in [3.8, 4) is 0 Å². The maximum Gasteiger partial charge on any atom is 0.195 e. The van der Waals surface area contributed by atoms with E-state index in [0.29, 0.717) is 12.2 Å². The number of carbonyl (C=O) groups is 1. The van der Waals surface area contributed by atoms with Crippen LogP contribution < -0.4 is 5.32 Å². The van der Waals surface area contributed by atoms with Gasteiger partial charge in [-0.2, -0.15) is 5.10 Å². The van der Waals surface area contributed by atoms with Gasteiger partial charge in [0.15, 0.2) is 5.78 Å². The minimum absolute atomic E-state index is 0.139. The first-order chi connectivity index (χ1) is 9.09. The van der Waals surface area contributed by atoms with Crippen LogP contribution in [0.5, 0.6) is 0 Å². The molecule has 1 saturated heterocycles. The van der Waals surface area contributed by atoms with E-state index in [0.717, 1.165) is 37.1 Å². The third-order valence-electron chi connectivity index (χ3n) is 3.30. The summed E-state index contributed by atoms with van der Waals surface area (Å²) in [5.41, 5.74) is 0.687. The van der Waals surface area contributed by atoms with E-state index in [-0.39, 0.29) is 11.8 Å². The zero-order chi connectivity index (χ0) is 13.8. The van der Waals surface area contributed by atoms with Gasteiger partial charge in [0.2, 0.25) is 0 Å². The molecule has 0 amide bonds. The molecule has 1 aliphatic heterocycles. The second-order valence-corrected chi connectivity index (χ2v) is 6.04. The van der Waals surface area contributed by atoms with Crippen molar-refractivity contribution < 1.29 is 4.79 Å². The average molecular weight is 329 g/mol. The SMILES string of the molecule is CC(C)n1ncc(Br)c1C(=O)CN1CCCNCC1. The summed E-state index contributed by atoms with van der Waals surface area (Å²) in [5, 5.41) is 7.61. The van der Waals surface area contributed by atoms with Crippen molar-refractivity contribution >= 4 is 21.7 Å². The lowest BCUT2D eigenvalue weighted by atomic mass is 10.2. The highest BCUT2D eigenvalue weighted by atomic mass is 79.9. The van der Waals surface area contributed by atoms with E-state index in [1.807, 2.05) is 13.8 Å². The molecule has 1 aromatic rings. The van der Waals surface area contributed by atoms with Crippen LogP contribution in [0, 0.1) is 0 Å². The van der Waals surface area contributed by atoms with Crippen LogP contribution in [0.15, 0.2) is 10.7 Å². The first-order valence-electron chi connectivity index (χ1n) is 6.79. The molecule has 0 bridgehead atoms. The van der Waals surface area contributed by atoms with Gasteiger partial charge in [-0.25, -0.2) is 0 Å². The second-order valence-electron chi connectivity index (χ2n) is 5.18. The summed E-state index contributed by atoms with van der Waals surface area (Å²) in [6, 6.07) is 0.191. The largest absolute Gasteiger partial charge is 0.315 e. The molecule has 5 nitrogen and oxygen atoms in total. The van der Waals surface area contributed by atoms with Gasteiger partial charge >= 0.3 is 0 Å². The number of rotatable bonds is 4. The standard InChI is InChI=1S/C13H21BrN4O/c1-10(2)18-13(11(14)8-16-18)12(19)9-17-6-3-4-15-5-7-17/h8,10,15H,3-7,9H2,1-2H3. The summed E-state index contributed by atoms with van der Waals surface area (Å²) in [4.78, 5) is 14.7. The third kappa shape index (κ3) is 3.64. The molecule has 1 fully saturated rings. The van der Waals surface area contributed by atoms with Gasteiger partial charge in [-0.3, -0.25) is 14.4 Å². The van der Waals surface area contributed by atoms with Crippen molar-refractivity contribution in [2.45, 2.75) is 26.3 Å². The zero-order valence-electron chi connectivity index (χ0n) is 11.5. The van der Waals surface area contributed by atoms with Gasteiger partial charge < -0.3 is 5.32 Å². The predicted molar refractivity (Wildman–Crippen MR) is 78.6 cm³/mol. The van der Waals surface area contributed by atoms with E-state index in [9.17, 15) is 4.79 Å². The number of hydrogen-bond acceptors (Lipinski definition) is 4. The molecule has 0 aliphatic carbocycles. The summed E-state index contributed by atoms with van der Waals surface area (Å²) >= 11 is 3.43. The normalized spacial score (nSPS) is 17.7. The van der Waals surface area contributed by atoms with Gasteiger partial charge in [-0.15, -0.1) is 0 Å². The van der Waals surface area contributed by atoms with Crippen LogP contribution >= 0.6 is 15.9 Å². The Balaban J connectivity index is 2.08. The molecular formula is C13H21BrN4O. The first-order valence-corrected chi connectivity index (χ1v) is 7.58. The van der Waals surface area contributed by atoms with Gasteiger partial charge in [-0.05, 0) is 49.3 Å². The van der Waals surface area contributed by atoms with Crippen LogP contribution in [0.1, 0.15) is 36.8 Å². The molecule has 6 heteroatoms. The van der Waals surface area contributed by atoms with Crippen molar-refractivity contribution in [2.75, 3.05) is 32.7 Å². The Morgan fingerprint density at radius 3 is 3.00 bits per heavy atom. The molecule has 106 valence electrons. The van der Waals surface area contributed by atoms with E-state index in [1.165, 1.54) is 0 Å². The van der Waals surface area contributed by atoms with Gasteiger partial charge in [0.1, 0.15) is 5.69 Å². The molecule has 1 aliphatic rings. The second kappa shape index (κ2) is 6.63. The van der Waals surface area contributed by atoms with Crippen molar-refractivity contribution in [1.29, 1.82) is 0 Å². The Labute approximate surface area is 122 Å². The Bertz CT molecular complexity index is 436. The van der Waals surface area contributed by atoms with Gasteiger partial charge in [0.25, 0.3) is 0 Å². The molecule has 0 unspecified atom stereocenters. The number of hydrogen-bond donors (Lipinski definition) is 1. The highest BCUT2D eigenvalue weighted by Gasteiger charge is 2.21. The topological polar surface area (TPSA) is 50.2 Å². The first kappa shape index (κ1) is 14.7.